The average Bonchev–Trinajstić information content (AvgIpc) is 2.25. The van der Waals surface area contributed by atoms with Crippen molar-refractivity contribution in [1.29, 1.82) is 0 Å². The predicted octanol–water partition coefficient (Wildman–Crippen LogP) is 3.17. The Bertz CT molecular complexity index is 360. The number of carbonyl (C=O) groups excluding carboxylic acids is 1. The van der Waals surface area contributed by atoms with E-state index in [1.807, 2.05) is 45.0 Å². The molecule has 0 unspecified atom stereocenters. The van der Waals surface area contributed by atoms with E-state index >= 15 is 0 Å². The molecule has 0 aliphatic rings. The first-order chi connectivity index (χ1) is 7.90. The van der Waals surface area contributed by atoms with E-state index < -0.39 is 0 Å². The van der Waals surface area contributed by atoms with Crippen molar-refractivity contribution in [3.63, 3.8) is 0 Å². The summed E-state index contributed by atoms with van der Waals surface area (Å²) < 4.78 is 10.3. The van der Waals surface area contributed by atoms with Crippen LogP contribution in [-0.4, -0.2) is 13.1 Å². The van der Waals surface area contributed by atoms with Gasteiger partial charge in [0.15, 0.2) is 0 Å². The molecule has 1 aromatic carbocycles. The Balaban J connectivity index is 2.42. The zero-order valence-corrected chi connectivity index (χ0v) is 10.9. The van der Waals surface area contributed by atoms with Gasteiger partial charge in [0.25, 0.3) is 0 Å². The second-order valence-electron chi connectivity index (χ2n) is 5.25. The van der Waals surface area contributed by atoms with Crippen LogP contribution < -0.4 is 4.74 Å². The van der Waals surface area contributed by atoms with Gasteiger partial charge < -0.3 is 9.47 Å². The first-order valence-corrected chi connectivity index (χ1v) is 5.69. The van der Waals surface area contributed by atoms with Gasteiger partial charge in [-0.1, -0.05) is 32.9 Å². The number of methoxy groups -OCH3 is 1. The lowest BCUT2D eigenvalue weighted by atomic mass is 9.92. The molecule has 0 saturated carbocycles. The molecular weight excluding hydrogens is 216 g/mol. The highest BCUT2D eigenvalue weighted by Crippen LogP contribution is 2.19. The summed E-state index contributed by atoms with van der Waals surface area (Å²) in [5.74, 6) is 0.642. The van der Waals surface area contributed by atoms with E-state index in [4.69, 9.17) is 9.47 Å². The SMILES string of the molecule is COc1ccc(COC(=O)CC(C)(C)C)cc1. The summed E-state index contributed by atoms with van der Waals surface area (Å²) in [5, 5.41) is 0. The van der Waals surface area contributed by atoms with Gasteiger partial charge in [-0.25, -0.2) is 0 Å². The zero-order valence-electron chi connectivity index (χ0n) is 10.9. The predicted molar refractivity (Wildman–Crippen MR) is 66.9 cm³/mol. The van der Waals surface area contributed by atoms with Crippen LogP contribution in [0.5, 0.6) is 5.75 Å². The Labute approximate surface area is 103 Å². The van der Waals surface area contributed by atoms with Crippen molar-refractivity contribution in [2.45, 2.75) is 33.8 Å². The first kappa shape index (κ1) is 13.6. The quantitative estimate of drug-likeness (QED) is 0.753. The molecule has 0 aromatic heterocycles. The van der Waals surface area contributed by atoms with Crippen LogP contribution in [0.1, 0.15) is 32.8 Å². The molecule has 0 radical (unpaired) electrons. The van der Waals surface area contributed by atoms with Crippen LogP contribution in [0.15, 0.2) is 24.3 Å². The summed E-state index contributed by atoms with van der Waals surface area (Å²) in [6, 6.07) is 7.49. The third-order valence-corrected chi connectivity index (χ3v) is 2.23. The second kappa shape index (κ2) is 5.71. The van der Waals surface area contributed by atoms with E-state index in [1.54, 1.807) is 7.11 Å². The second-order valence-corrected chi connectivity index (χ2v) is 5.25. The van der Waals surface area contributed by atoms with Crippen LogP contribution in [0.2, 0.25) is 0 Å². The van der Waals surface area contributed by atoms with Crippen LogP contribution in [0, 0.1) is 5.41 Å². The number of hydrogen-bond donors (Lipinski definition) is 0. The molecular formula is C14H20O3. The molecule has 0 aliphatic heterocycles. The molecule has 17 heavy (non-hydrogen) atoms. The number of carbonyl (C=O) groups is 1. The highest BCUT2D eigenvalue weighted by atomic mass is 16.5. The third kappa shape index (κ3) is 5.38. The molecule has 94 valence electrons. The topological polar surface area (TPSA) is 35.5 Å². The van der Waals surface area contributed by atoms with Gasteiger partial charge in [-0.05, 0) is 23.1 Å². The molecule has 0 bridgehead atoms. The molecule has 0 spiro atoms. The molecule has 3 nitrogen and oxygen atoms in total. The Hall–Kier alpha value is -1.51. The van der Waals surface area contributed by atoms with Gasteiger partial charge in [-0.2, -0.15) is 0 Å². The average molecular weight is 236 g/mol. The number of hydrogen-bond acceptors (Lipinski definition) is 3. The Morgan fingerprint density at radius 3 is 2.24 bits per heavy atom. The lowest BCUT2D eigenvalue weighted by Gasteiger charge is -2.16. The van der Waals surface area contributed by atoms with Crippen molar-refractivity contribution in [3.05, 3.63) is 29.8 Å². The van der Waals surface area contributed by atoms with E-state index in [0.29, 0.717) is 13.0 Å². The van der Waals surface area contributed by atoms with Crippen molar-refractivity contribution in [2.24, 2.45) is 5.41 Å². The van der Waals surface area contributed by atoms with Crippen LogP contribution in [0.25, 0.3) is 0 Å². The maximum atomic E-state index is 11.5. The summed E-state index contributed by atoms with van der Waals surface area (Å²) in [4.78, 5) is 11.5. The molecule has 0 heterocycles. The third-order valence-electron chi connectivity index (χ3n) is 2.23. The highest BCUT2D eigenvalue weighted by Gasteiger charge is 2.16. The molecule has 0 N–H and O–H groups in total. The minimum absolute atomic E-state index is 0.0308. The molecule has 1 aromatic rings. The van der Waals surface area contributed by atoms with E-state index in [2.05, 4.69) is 0 Å². The number of rotatable bonds is 4. The van der Waals surface area contributed by atoms with Gasteiger partial charge in [0, 0.05) is 0 Å². The maximum absolute atomic E-state index is 11.5. The lowest BCUT2D eigenvalue weighted by molar-refractivity contribution is -0.147. The number of esters is 1. The van der Waals surface area contributed by atoms with E-state index in [-0.39, 0.29) is 11.4 Å². The van der Waals surface area contributed by atoms with E-state index in [0.717, 1.165) is 11.3 Å². The van der Waals surface area contributed by atoms with Crippen LogP contribution in [0.3, 0.4) is 0 Å². The fourth-order valence-corrected chi connectivity index (χ4v) is 1.37. The smallest absolute Gasteiger partial charge is 0.306 e. The molecule has 0 amide bonds. The van der Waals surface area contributed by atoms with Gasteiger partial charge in [0.1, 0.15) is 12.4 Å². The van der Waals surface area contributed by atoms with Crippen LogP contribution in [-0.2, 0) is 16.1 Å². The highest BCUT2D eigenvalue weighted by molar-refractivity contribution is 5.70. The maximum Gasteiger partial charge on any atom is 0.306 e. The summed E-state index contributed by atoms with van der Waals surface area (Å²) in [5.41, 5.74) is 0.935. The van der Waals surface area contributed by atoms with Gasteiger partial charge >= 0.3 is 5.97 Å². The van der Waals surface area contributed by atoms with Crippen molar-refractivity contribution in [3.8, 4) is 5.75 Å². The van der Waals surface area contributed by atoms with Crippen molar-refractivity contribution in [1.82, 2.24) is 0 Å². The van der Waals surface area contributed by atoms with E-state index in [9.17, 15) is 4.79 Å². The number of benzene rings is 1. The Morgan fingerprint density at radius 2 is 1.76 bits per heavy atom. The molecule has 0 aliphatic carbocycles. The fourth-order valence-electron chi connectivity index (χ4n) is 1.37. The minimum Gasteiger partial charge on any atom is -0.497 e. The monoisotopic (exact) mass is 236 g/mol. The summed E-state index contributed by atoms with van der Waals surface area (Å²) >= 11 is 0. The first-order valence-electron chi connectivity index (χ1n) is 5.69. The van der Waals surface area contributed by atoms with Crippen molar-refractivity contribution >= 4 is 5.97 Å². The van der Waals surface area contributed by atoms with Crippen molar-refractivity contribution in [2.75, 3.05) is 7.11 Å². The van der Waals surface area contributed by atoms with Crippen LogP contribution in [0.4, 0.5) is 0 Å². The van der Waals surface area contributed by atoms with Gasteiger partial charge in [-0.3, -0.25) is 4.79 Å². The molecule has 0 saturated heterocycles. The zero-order chi connectivity index (χ0) is 12.9. The summed E-state index contributed by atoms with van der Waals surface area (Å²) in [7, 11) is 1.62. The van der Waals surface area contributed by atoms with Gasteiger partial charge in [0.05, 0.1) is 13.5 Å². The molecule has 0 fully saturated rings. The molecule has 0 atom stereocenters. The summed E-state index contributed by atoms with van der Waals surface area (Å²) in [6.07, 6.45) is 0.434. The summed E-state index contributed by atoms with van der Waals surface area (Å²) in [6.45, 7) is 6.36. The molecule has 1 rings (SSSR count). The van der Waals surface area contributed by atoms with Crippen molar-refractivity contribution < 1.29 is 14.3 Å². The van der Waals surface area contributed by atoms with Gasteiger partial charge in [-0.15, -0.1) is 0 Å². The minimum atomic E-state index is -0.159. The van der Waals surface area contributed by atoms with Gasteiger partial charge in [0.2, 0.25) is 0 Å². The molecule has 3 heteroatoms. The standard InChI is InChI=1S/C14H20O3/c1-14(2,3)9-13(15)17-10-11-5-7-12(16-4)8-6-11/h5-8H,9-10H2,1-4H3. The van der Waals surface area contributed by atoms with Crippen LogP contribution >= 0.6 is 0 Å². The largest absolute Gasteiger partial charge is 0.497 e. The normalized spacial score (nSPS) is 11.1. The number of ether oxygens (including phenoxy) is 2. The fraction of sp³-hybridized carbons (Fsp3) is 0.500. The lowest BCUT2D eigenvalue weighted by Crippen LogP contribution is -2.15. The van der Waals surface area contributed by atoms with E-state index in [1.165, 1.54) is 0 Å². The Kier molecular flexibility index (Phi) is 4.55. The Morgan fingerprint density at radius 1 is 1.18 bits per heavy atom.